The van der Waals surface area contributed by atoms with E-state index in [1.807, 2.05) is 6.07 Å². The van der Waals surface area contributed by atoms with Crippen molar-refractivity contribution < 1.29 is 19.8 Å². The number of nitrogens with one attached hydrogen (secondary N) is 1. The number of para-hydroxylation sites is 2. The molecule has 120 valence electrons. The molecule has 0 saturated carbocycles. The van der Waals surface area contributed by atoms with Crippen LogP contribution in [0.15, 0.2) is 36.0 Å². The van der Waals surface area contributed by atoms with E-state index in [0.29, 0.717) is 31.6 Å². The van der Waals surface area contributed by atoms with Crippen LogP contribution in [0.2, 0.25) is 0 Å². The third-order valence-corrected chi connectivity index (χ3v) is 3.76. The maximum atomic E-state index is 12.3. The number of benzene rings is 1. The number of rotatable bonds is 4. The van der Waals surface area contributed by atoms with Crippen LogP contribution in [0.25, 0.3) is 0 Å². The molecular formula is C16H17N3O4. The Bertz CT molecular complexity index is 670. The number of carbonyl (C=O) groups is 2. The molecule has 3 N–H and O–H groups in total. The molecule has 0 atom stereocenters. The second-order valence-electron chi connectivity index (χ2n) is 5.24. The highest BCUT2D eigenvalue weighted by Crippen LogP contribution is 2.22. The lowest BCUT2D eigenvalue weighted by molar-refractivity contribution is -0.145. The standard InChI is InChI=1S/C16H17N3O4/c17-9-12(10-18-13-3-1-2-4-14(13)20)15(21)19-7-5-11(6-8-19)16(22)23/h1-4,10-11,18,20H,5-8H2,(H,22,23)/b12-10-. The highest BCUT2D eigenvalue weighted by Gasteiger charge is 2.28. The number of aromatic hydroxyl groups is 1. The Labute approximate surface area is 133 Å². The van der Waals surface area contributed by atoms with Crippen molar-refractivity contribution in [1.82, 2.24) is 4.90 Å². The van der Waals surface area contributed by atoms with Gasteiger partial charge in [-0.3, -0.25) is 9.59 Å². The Kier molecular flexibility index (Phi) is 5.20. The van der Waals surface area contributed by atoms with Gasteiger partial charge in [0.2, 0.25) is 0 Å². The van der Waals surface area contributed by atoms with Crippen LogP contribution in [0.3, 0.4) is 0 Å². The Morgan fingerprint density at radius 3 is 2.52 bits per heavy atom. The molecule has 0 unspecified atom stereocenters. The SMILES string of the molecule is N#C/C(=C/Nc1ccccc1O)C(=O)N1CCC(C(=O)O)CC1. The third-order valence-electron chi connectivity index (χ3n) is 3.76. The van der Waals surface area contributed by atoms with Gasteiger partial charge in [0.05, 0.1) is 11.6 Å². The van der Waals surface area contributed by atoms with Crippen molar-refractivity contribution in [3.05, 3.63) is 36.0 Å². The van der Waals surface area contributed by atoms with Gasteiger partial charge >= 0.3 is 5.97 Å². The molecule has 1 aromatic carbocycles. The molecule has 1 aliphatic heterocycles. The minimum absolute atomic E-state index is 0.00996. The van der Waals surface area contributed by atoms with E-state index in [1.165, 1.54) is 17.2 Å². The summed E-state index contributed by atoms with van der Waals surface area (Å²) in [7, 11) is 0. The Morgan fingerprint density at radius 1 is 1.30 bits per heavy atom. The molecule has 2 rings (SSSR count). The maximum absolute atomic E-state index is 12.3. The summed E-state index contributed by atoms with van der Waals surface area (Å²) in [5.74, 6) is -1.72. The fourth-order valence-corrected chi connectivity index (χ4v) is 2.39. The van der Waals surface area contributed by atoms with Gasteiger partial charge in [-0.15, -0.1) is 0 Å². The van der Waals surface area contributed by atoms with Gasteiger partial charge in [0, 0.05) is 19.3 Å². The van der Waals surface area contributed by atoms with Crippen LogP contribution < -0.4 is 5.32 Å². The highest BCUT2D eigenvalue weighted by molar-refractivity contribution is 5.97. The number of phenols is 1. The van der Waals surface area contributed by atoms with Crippen LogP contribution in [-0.2, 0) is 9.59 Å². The first-order valence-electron chi connectivity index (χ1n) is 7.20. The number of amides is 1. The predicted molar refractivity (Wildman–Crippen MR) is 82.4 cm³/mol. The summed E-state index contributed by atoms with van der Waals surface area (Å²) in [4.78, 5) is 24.7. The van der Waals surface area contributed by atoms with E-state index in [0.717, 1.165) is 0 Å². The molecule has 1 aromatic rings. The summed E-state index contributed by atoms with van der Waals surface area (Å²) in [6.07, 6.45) is 2.01. The molecule has 23 heavy (non-hydrogen) atoms. The van der Waals surface area contributed by atoms with E-state index in [9.17, 15) is 14.7 Å². The lowest BCUT2D eigenvalue weighted by atomic mass is 9.97. The van der Waals surface area contributed by atoms with Crippen LogP contribution >= 0.6 is 0 Å². The van der Waals surface area contributed by atoms with E-state index in [2.05, 4.69) is 5.32 Å². The Balaban J connectivity index is 2.02. The number of hydrogen-bond acceptors (Lipinski definition) is 5. The monoisotopic (exact) mass is 315 g/mol. The van der Waals surface area contributed by atoms with E-state index in [-0.39, 0.29) is 11.3 Å². The first-order valence-corrected chi connectivity index (χ1v) is 7.20. The summed E-state index contributed by atoms with van der Waals surface area (Å²) in [5.41, 5.74) is 0.291. The van der Waals surface area contributed by atoms with E-state index < -0.39 is 17.8 Å². The third kappa shape index (κ3) is 4.01. The molecule has 0 aromatic heterocycles. The van der Waals surface area contributed by atoms with Gasteiger partial charge in [0.25, 0.3) is 5.91 Å². The molecule has 0 spiro atoms. The maximum Gasteiger partial charge on any atom is 0.306 e. The van der Waals surface area contributed by atoms with Gasteiger partial charge in [-0.2, -0.15) is 5.26 Å². The number of anilines is 1. The molecule has 0 bridgehead atoms. The second-order valence-corrected chi connectivity index (χ2v) is 5.24. The fourth-order valence-electron chi connectivity index (χ4n) is 2.39. The summed E-state index contributed by atoms with van der Waals surface area (Å²) < 4.78 is 0. The van der Waals surface area contributed by atoms with Gasteiger partial charge in [0.15, 0.2) is 0 Å². The van der Waals surface area contributed by atoms with Crippen LogP contribution in [0.4, 0.5) is 5.69 Å². The van der Waals surface area contributed by atoms with Gasteiger partial charge in [-0.25, -0.2) is 0 Å². The number of phenolic OH excluding ortho intramolecular Hbond substituents is 1. The van der Waals surface area contributed by atoms with Crippen LogP contribution in [0, 0.1) is 17.2 Å². The van der Waals surface area contributed by atoms with E-state index in [4.69, 9.17) is 10.4 Å². The number of piperidine rings is 1. The first-order chi connectivity index (χ1) is 11.0. The number of carboxylic acid groups (broad SMARTS) is 1. The summed E-state index contributed by atoms with van der Waals surface area (Å²) in [5, 5.41) is 30.5. The van der Waals surface area contributed by atoms with E-state index >= 15 is 0 Å². The molecule has 0 aliphatic carbocycles. The summed E-state index contributed by atoms with van der Waals surface area (Å²) in [6, 6.07) is 8.30. The Morgan fingerprint density at radius 2 is 1.96 bits per heavy atom. The van der Waals surface area contributed by atoms with E-state index in [1.54, 1.807) is 18.2 Å². The molecular weight excluding hydrogens is 298 g/mol. The number of hydrogen-bond donors (Lipinski definition) is 3. The van der Waals surface area contributed by atoms with Crippen molar-refractivity contribution in [1.29, 1.82) is 5.26 Å². The highest BCUT2D eigenvalue weighted by atomic mass is 16.4. The van der Waals surface area contributed by atoms with Crippen LogP contribution in [0.1, 0.15) is 12.8 Å². The number of carboxylic acids is 1. The zero-order chi connectivity index (χ0) is 16.8. The predicted octanol–water partition coefficient (Wildman–Crippen LogP) is 1.53. The van der Waals surface area contributed by atoms with Gasteiger partial charge in [0.1, 0.15) is 17.4 Å². The fraction of sp³-hybridized carbons (Fsp3) is 0.312. The van der Waals surface area contributed by atoms with Crippen molar-refractivity contribution in [2.24, 2.45) is 5.92 Å². The van der Waals surface area contributed by atoms with Gasteiger partial charge in [-0.05, 0) is 25.0 Å². The largest absolute Gasteiger partial charge is 0.506 e. The van der Waals surface area contributed by atoms with Crippen molar-refractivity contribution in [3.63, 3.8) is 0 Å². The van der Waals surface area contributed by atoms with Crippen molar-refractivity contribution in [3.8, 4) is 11.8 Å². The minimum atomic E-state index is -0.852. The van der Waals surface area contributed by atoms with Crippen LogP contribution in [0.5, 0.6) is 5.75 Å². The molecule has 7 heteroatoms. The zero-order valence-electron chi connectivity index (χ0n) is 12.4. The molecule has 1 heterocycles. The molecule has 1 amide bonds. The molecule has 7 nitrogen and oxygen atoms in total. The smallest absolute Gasteiger partial charge is 0.306 e. The number of carbonyl (C=O) groups excluding carboxylic acids is 1. The average molecular weight is 315 g/mol. The summed E-state index contributed by atoms with van der Waals surface area (Å²) >= 11 is 0. The molecule has 1 aliphatic rings. The molecule has 1 saturated heterocycles. The van der Waals surface area contributed by atoms with Crippen molar-refractivity contribution >= 4 is 17.6 Å². The van der Waals surface area contributed by atoms with Crippen LogP contribution in [-0.4, -0.2) is 40.1 Å². The molecule has 0 radical (unpaired) electrons. The van der Waals surface area contributed by atoms with Crippen molar-refractivity contribution in [2.75, 3.05) is 18.4 Å². The number of likely N-dealkylation sites (tertiary alicyclic amines) is 1. The average Bonchev–Trinajstić information content (AvgIpc) is 2.56. The molecule has 1 fully saturated rings. The first kappa shape index (κ1) is 16.4. The lowest BCUT2D eigenvalue weighted by Gasteiger charge is -2.29. The number of aliphatic carboxylic acids is 1. The lowest BCUT2D eigenvalue weighted by Crippen LogP contribution is -2.40. The zero-order valence-corrected chi connectivity index (χ0v) is 12.4. The Hall–Kier alpha value is -3.01. The van der Waals surface area contributed by atoms with Gasteiger partial charge in [-0.1, -0.05) is 12.1 Å². The number of nitriles is 1. The normalized spacial score (nSPS) is 15.8. The quantitative estimate of drug-likeness (QED) is 0.441. The minimum Gasteiger partial charge on any atom is -0.506 e. The second kappa shape index (κ2) is 7.31. The number of nitrogens with zero attached hydrogens (tertiary/aromatic N) is 2. The summed E-state index contributed by atoms with van der Waals surface area (Å²) in [6.45, 7) is 0.622. The van der Waals surface area contributed by atoms with Gasteiger partial charge < -0.3 is 20.4 Å². The van der Waals surface area contributed by atoms with Crippen molar-refractivity contribution in [2.45, 2.75) is 12.8 Å². The topological polar surface area (TPSA) is 114 Å².